The average molecular weight is 554 g/mol. The Morgan fingerprint density at radius 1 is 1.03 bits per heavy atom. The van der Waals surface area contributed by atoms with Crippen molar-refractivity contribution in [2.45, 2.75) is 69.2 Å². The molecule has 2 aromatic carbocycles. The molecule has 3 aliphatic heterocycles. The maximum absolute atomic E-state index is 14.1. The van der Waals surface area contributed by atoms with Gasteiger partial charge in [-0.3, -0.25) is 14.4 Å². The zero-order valence-corrected chi connectivity index (χ0v) is 23.0. The lowest BCUT2D eigenvalue weighted by molar-refractivity contribution is -0.144. The smallest absolute Gasteiger partial charge is 0.250 e. The third-order valence-electron chi connectivity index (χ3n) is 8.54. The van der Waals surface area contributed by atoms with E-state index in [1.165, 1.54) is 0 Å². The zero-order valence-electron chi connectivity index (χ0n) is 22.2. The zero-order chi connectivity index (χ0) is 27.6. The fourth-order valence-corrected chi connectivity index (χ4v) is 6.88. The number of fused-ring (bicyclic) bond motifs is 1. The fourth-order valence-electron chi connectivity index (χ4n) is 6.75. The van der Waals surface area contributed by atoms with Crippen LogP contribution in [0.25, 0.3) is 0 Å². The molecule has 1 spiro atoms. The second-order valence-corrected chi connectivity index (χ2v) is 11.5. The average Bonchev–Trinajstić information content (AvgIpc) is 3.49. The van der Waals surface area contributed by atoms with Crippen molar-refractivity contribution >= 4 is 35.0 Å². The van der Waals surface area contributed by atoms with E-state index in [9.17, 15) is 14.4 Å². The van der Waals surface area contributed by atoms with Gasteiger partial charge in [0.1, 0.15) is 11.6 Å². The molecule has 2 aromatic rings. The van der Waals surface area contributed by atoms with Crippen LogP contribution in [0.3, 0.4) is 0 Å². The molecule has 0 radical (unpaired) electrons. The molecule has 0 aromatic heterocycles. The van der Waals surface area contributed by atoms with Gasteiger partial charge >= 0.3 is 0 Å². The van der Waals surface area contributed by atoms with Crippen LogP contribution in [0.5, 0.6) is 0 Å². The summed E-state index contributed by atoms with van der Waals surface area (Å²) in [7, 11) is 0. The van der Waals surface area contributed by atoms with Gasteiger partial charge in [-0.15, -0.1) is 0 Å². The maximum atomic E-state index is 14.1. The first-order valence-electron chi connectivity index (χ1n) is 13.8. The minimum Gasteiger partial charge on any atom is -0.396 e. The molecule has 0 aliphatic carbocycles. The highest BCUT2D eigenvalue weighted by Crippen LogP contribution is 2.63. The Morgan fingerprint density at radius 3 is 2.46 bits per heavy atom. The van der Waals surface area contributed by atoms with E-state index in [2.05, 4.69) is 10.6 Å². The molecule has 3 N–H and O–H groups in total. The summed E-state index contributed by atoms with van der Waals surface area (Å²) < 4.78 is 6.65. The monoisotopic (exact) mass is 553 g/mol. The van der Waals surface area contributed by atoms with Gasteiger partial charge in [-0.2, -0.15) is 0 Å². The minimum absolute atomic E-state index is 0.131. The van der Waals surface area contributed by atoms with E-state index in [0.29, 0.717) is 49.5 Å². The number of aliphatic hydroxyl groups is 1. The first-order valence-corrected chi connectivity index (χ1v) is 14.2. The summed E-state index contributed by atoms with van der Waals surface area (Å²) in [5.41, 5.74) is -0.345. The number of rotatable bonds is 11. The van der Waals surface area contributed by atoms with E-state index in [1.807, 2.05) is 37.3 Å². The van der Waals surface area contributed by atoms with Crippen LogP contribution in [0.2, 0.25) is 5.02 Å². The summed E-state index contributed by atoms with van der Waals surface area (Å²) in [6.07, 6.45) is 4.19. The summed E-state index contributed by atoms with van der Waals surface area (Å²) in [5, 5.41) is 15.7. The van der Waals surface area contributed by atoms with Gasteiger partial charge in [-0.25, -0.2) is 0 Å². The highest BCUT2D eigenvalue weighted by Gasteiger charge is 2.77. The van der Waals surface area contributed by atoms with Crippen LogP contribution in [0.4, 0.5) is 5.69 Å². The quantitative estimate of drug-likeness (QED) is 0.366. The fraction of sp³-hybridized carbons (Fsp3) is 0.500. The molecule has 2 unspecified atom stereocenters. The third kappa shape index (κ3) is 5.17. The van der Waals surface area contributed by atoms with E-state index < -0.39 is 29.1 Å². The number of carbonyl (C=O) groups excluding carboxylic acids is 3. The minimum atomic E-state index is -1.07. The van der Waals surface area contributed by atoms with Crippen molar-refractivity contribution in [3.8, 4) is 0 Å². The van der Waals surface area contributed by atoms with Crippen molar-refractivity contribution in [2.75, 3.05) is 18.5 Å². The lowest BCUT2D eigenvalue weighted by Crippen LogP contribution is -2.53. The van der Waals surface area contributed by atoms with Gasteiger partial charge < -0.3 is 25.4 Å². The van der Waals surface area contributed by atoms with Crippen LogP contribution >= 0.6 is 11.6 Å². The SMILES string of the molecule is C[C@@]12CCC3(O1)C(C(=O)Nc1ccc(Cl)cc1)N(CCCCCCO)C(=O)[C@@H]3[C@@H]2C(=O)NCc1ccccc1. The number of nitrogens with zero attached hydrogens (tertiary/aromatic N) is 1. The largest absolute Gasteiger partial charge is 0.396 e. The van der Waals surface area contributed by atoms with Crippen LogP contribution in [0.1, 0.15) is 51.0 Å². The molecule has 0 saturated carbocycles. The van der Waals surface area contributed by atoms with Gasteiger partial charge in [0.25, 0.3) is 0 Å². The summed E-state index contributed by atoms with van der Waals surface area (Å²) in [6.45, 7) is 2.77. The summed E-state index contributed by atoms with van der Waals surface area (Å²) in [6, 6.07) is 15.6. The van der Waals surface area contributed by atoms with Crippen LogP contribution < -0.4 is 10.6 Å². The number of benzene rings is 2. The Kier molecular flexibility index (Phi) is 7.99. The predicted molar refractivity (Wildman–Crippen MR) is 148 cm³/mol. The molecule has 5 rings (SSSR count). The molecule has 3 fully saturated rings. The number of nitrogens with one attached hydrogen (secondary N) is 2. The summed E-state index contributed by atoms with van der Waals surface area (Å²) >= 11 is 6.02. The molecule has 3 amide bonds. The van der Waals surface area contributed by atoms with Crippen molar-refractivity contribution in [2.24, 2.45) is 11.8 Å². The van der Waals surface area contributed by atoms with E-state index in [-0.39, 0.29) is 24.3 Å². The maximum Gasteiger partial charge on any atom is 0.250 e. The number of hydrogen-bond acceptors (Lipinski definition) is 5. The normalized spacial score (nSPS) is 28.9. The standard InChI is InChI=1S/C30H36ClN3O5/c1-29-15-16-30(39-29)24(23(29)26(36)32-19-20-9-5-4-6-10-20)28(38)34(17-7-2-3-8-18-35)25(30)27(37)33-22-13-11-21(31)12-14-22/h4-6,9-14,23-25,35H,2-3,7-8,15-19H2,1H3,(H,32,36)(H,33,37)/t23-,24+,25?,29+,30?/m1/s1. The first-order chi connectivity index (χ1) is 18.8. The van der Waals surface area contributed by atoms with E-state index in [4.69, 9.17) is 21.4 Å². The highest BCUT2D eigenvalue weighted by atomic mass is 35.5. The third-order valence-corrected chi connectivity index (χ3v) is 8.79. The summed E-state index contributed by atoms with van der Waals surface area (Å²) in [4.78, 5) is 43.2. The Hall–Kier alpha value is -2.94. The number of amides is 3. The Labute approximate surface area is 234 Å². The molecular formula is C30H36ClN3O5. The first kappa shape index (κ1) is 27.6. The number of aliphatic hydroxyl groups excluding tert-OH is 1. The molecule has 3 saturated heterocycles. The number of halogens is 1. The molecule has 3 aliphatic rings. The lowest BCUT2D eigenvalue weighted by Gasteiger charge is -2.33. The van der Waals surface area contributed by atoms with Crippen LogP contribution in [-0.4, -0.2) is 58.1 Å². The Morgan fingerprint density at radius 2 is 1.74 bits per heavy atom. The number of carbonyl (C=O) groups is 3. The molecule has 8 nitrogen and oxygen atoms in total. The molecule has 208 valence electrons. The van der Waals surface area contributed by atoms with Crippen molar-refractivity contribution in [1.82, 2.24) is 10.2 Å². The van der Waals surface area contributed by atoms with E-state index in [1.54, 1.807) is 29.2 Å². The van der Waals surface area contributed by atoms with Gasteiger partial charge in [-0.05, 0) is 62.4 Å². The number of ether oxygens (including phenoxy) is 1. The van der Waals surface area contributed by atoms with Gasteiger partial charge in [0.05, 0.1) is 17.4 Å². The number of anilines is 1. The predicted octanol–water partition coefficient (Wildman–Crippen LogP) is 3.91. The second-order valence-electron chi connectivity index (χ2n) is 11.1. The lowest BCUT2D eigenvalue weighted by atomic mass is 9.66. The number of unbranched alkanes of at least 4 members (excludes halogenated alkanes) is 3. The molecule has 9 heteroatoms. The Balaban J connectivity index is 1.41. The molecule has 5 atom stereocenters. The molecule has 3 heterocycles. The van der Waals surface area contributed by atoms with Gasteiger partial charge in [0.2, 0.25) is 17.7 Å². The van der Waals surface area contributed by atoms with Crippen molar-refractivity contribution in [3.05, 3.63) is 65.2 Å². The van der Waals surface area contributed by atoms with Crippen LogP contribution in [-0.2, 0) is 25.7 Å². The summed E-state index contributed by atoms with van der Waals surface area (Å²) in [5.74, 6) is -2.16. The van der Waals surface area contributed by atoms with Crippen LogP contribution in [0, 0.1) is 11.8 Å². The number of likely N-dealkylation sites (tertiary alicyclic amines) is 1. The van der Waals surface area contributed by atoms with Gasteiger partial charge in [0.15, 0.2) is 0 Å². The topological polar surface area (TPSA) is 108 Å². The number of hydrogen-bond donors (Lipinski definition) is 3. The molecule has 39 heavy (non-hydrogen) atoms. The Bertz CT molecular complexity index is 1210. The molecular weight excluding hydrogens is 518 g/mol. The van der Waals surface area contributed by atoms with Gasteiger partial charge in [-0.1, -0.05) is 54.8 Å². The van der Waals surface area contributed by atoms with Gasteiger partial charge in [0, 0.05) is 30.4 Å². The van der Waals surface area contributed by atoms with E-state index in [0.717, 1.165) is 18.4 Å². The van der Waals surface area contributed by atoms with Crippen molar-refractivity contribution in [3.63, 3.8) is 0 Å². The second kappa shape index (κ2) is 11.3. The van der Waals surface area contributed by atoms with Crippen molar-refractivity contribution in [1.29, 1.82) is 0 Å². The molecule has 2 bridgehead atoms. The van der Waals surface area contributed by atoms with Crippen LogP contribution in [0.15, 0.2) is 54.6 Å². The van der Waals surface area contributed by atoms with E-state index >= 15 is 0 Å². The highest BCUT2D eigenvalue weighted by molar-refractivity contribution is 6.30. The van der Waals surface area contributed by atoms with Crippen molar-refractivity contribution < 1.29 is 24.2 Å².